The number of hydrogen-bond donors (Lipinski definition) is 0. The maximum atomic E-state index is 12.6. The minimum Gasteiger partial charge on any atom is -0.489 e. The van der Waals surface area contributed by atoms with E-state index >= 15 is 0 Å². The van der Waals surface area contributed by atoms with E-state index < -0.39 is 0 Å². The Morgan fingerprint density at radius 2 is 2.00 bits per heavy atom. The summed E-state index contributed by atoms with van der Waals surface area (Å²) in [5, 5.41) is 0.679. The number of aryl methyl sites for hydroxylation is 1. The van der Waals surface area contributed by atoms with Crippen molar-refractivity contribution >= 4 is 17.2 Å². The van der Waals surface area contributed by atoms with Crippen molar-refractivity contribution in [2.75, 3.05) is 0 Å². The predicted octanol–water partition coefficient (Wildman–Crippen LogP) is 4.30. The van der Waals surface area contributed by atoms with Crippen LogP contribution >= 0.6 is 11.6 Å². The molecule has 1 aromatic carbocycles. The SMILES string of the molecule is Cc1c(C2CC2)nc2cnc(-n3ccc(OCc4ccc(Cl)cc4)cc3=O)cn12. The lowest BCUT2D eigenvalue weighted by Crippen LogP contribution is -2.18. The molecule has 6 nitrogen and oxygen atoms in total. The van der Waals surface area contributed by atoms with Crippen LogP contribution in [-0.2, 0) is 6.61 Å². The van der Waals surface area contributed by atoms with Gasteiger partial charge < -0.3 is 4.74 Å². The summed E-state index contributed by atoms with van der Waals surface area (Å²) in [7, 11) is 0. The largest absolute Gasteiger partial charge is 0.489 e. The highest BCUT2D eigenvalue weighted by Gasteiger charge is 2.28. The molecule has 29 heavy (non-hydrogen) atoms. The van der Waals surface area contributed by atoms with Gasteiger partial charge in [-0.05, 0) is 43.5 Å². The van der Waals surface area contributed by atoms with Gasteiger partial charge in [0.1, 0.15) is 12.4 Å². The first kappa shape index (κ1) is 17.9. The van der Waals surface area contributed by atoms with Crippen LogP contribution in [0, 0.1) is 6.92 Å². The Bertz CT molecular complexity index is 1260. The Balaban J connectivity index is 1.40. The molecule has 0 radical (unpaired) electrons. The number of nitrogens with zero attached hydrogens (tertiary/aromatic N) is 4. The van der Waals surface area contributed by atoms with Gasteiger partial charge in [-0.1, -0.05) is 23.7 Å². The zero-order chi connectivity index (χ0) is 20.0. The first-order chi connectivity index (χ1) is 14.1. The normalized spacial score (nSPS) is 13.7. The van der Waals surface area contributed by atoms with Crippen LogP contribution in [0.3, 0.4) is 0 Å². The third-order valence-corrected chi connectivity index (χ3v) is 5.44. The first-order valence-corrected chi connectivity index (χ1v) is 9.91. The molecular formula is C22H19ClN4O2. The lowest BCUT2D eigenvalue weighted by atomic mass is 10.2. The number of rotatable bonds is 5. The first-order valence-electron chi connectivity index (χ1n) is 9.53. The second-order valence-electron chi connectivity index (χ2n) is 7.32. The standard InChI is InChI=1S/C22H19ClN4O2/c1-14-22(16-4-5-16)25-19-11-24-20(12-27(14)19)26-9-8-18(10-21(26)28)29-13-15-2-6-17(23)7-3-15/h2-3,6-12,16H,4-5,13H2,1H3. The van der Waals surface area contributed by atoms with E-state index in [-0.39, 0.29) is 5.56 Å². The molecule has 5 rings (SSSR count). The molecule has 0 saturated heterocycles. The summed E-state index contributed by atoms with van der Waals surface area (Å²) in [6.45, 7) is 2.43. The van der Waals surface area contributed by atoms with Crippen LogP contribution in [-0.4, -0.2) is 18.9 Å². The van der Waals surface area contributed by atoms with Gasteiger partial charge in [0.2, 0.25) is 0 Å². The molecule has 0 atom stereocenters. The van der Waals surface area contributed by atoms with E-state index in [1.807, 2.05) is 34.9 Å². The summed E-state index contributed by atoms with van der Waals surface area (Å²) in [5.41, 5.74) is 3.84. The summed E-state index contributed by atoms with van der Waals surface area (Å²) in [4.78, 5) is 21.8. The number of fused-ring (bicyclic) bond motifs is 1. The van der Waals surface area contributed by atoms with E-state index in [1.165, 1.54) is 23.5 Å². The summed E-state index contributed by atoms with van der Waals surface area (Å²) < 4.78 is 9.25. The van der Waals surface area contributed by atoms with Crippen molar-refractivity contribution in [3.63, 3.8) is 0 Å². The van der Waals surface area contributed by atoms with E-state index in [9.17, 15) is 4.79 Å². The molecule has 0 bridgehead atoms. The Morgan fingerprint density at radius 1 is 1.21 bits per heavy atom. The average molecular weight is 407 g/mol. The molecule has 0 unspecified atom stereocenters. The number of imidazole rings is 1. The number of benzene rings is 1. The van der Waals surface area contributed by atoms with Gasteiger partial charge in [-0.25, -0.2) is 9.97 Å². The number of aromatic nitrogens is 4. The van der Waals surface area contributed by atoms with Crippen LogP contribution in [0.5, 0.6) is 5.75 Å². The molecule has 0 N–H and O–H groups in total. The van der Waals surface area contributed by atoms with Gasteiger partial charge in [-0.2, -0.15) is 0 Å². The molecule has 146 valence electrons. The van der Waals surface area contributed by atoms with Gasteiger partial charge in [0, 0.05) is 28.9 Å². The van der Waals surface area contributed by atoms with E-state index in [1.54, 1.807) is 18.5 Å². The van der Waals surface area contributed by atoms with Gasteiger partial charge in [-0.3, -0.25) is 13.8 Å². The average Bonchev–Trinajstić information content (AvgIpc) is 3.52. The second-order valence-corrected chi connectivity index (χ2v) is 7.75. The van der Waals surface area contributed by atoms with Gasteiger partial charge in [-0.15, -0.1) is 0 Å². The highest BCUT2D eigenvalue weighted by molar-refractivity contribution is 6.30. The summed E-state index contributed by atoms with van der Waals surface area (Å²) in [6.07, 6.45) is 7.65. The maximum absolute atomic E-state index is 12.6. The Hall–Kier alpha value is -3.12. The molecule has 0 spiro atoms. The van der Waals surface area contributed by atoms with Gasteiger partial charge in [0.15, 0.2) is 11.5 Å². The van der Waals surface area contributed by atoms with Crippen molar-refractivity contribution in [3.05, 3.63) is 87.3 Å². The van der Waals surface area contributed by atoms with E-state index in [0.29, 0.717) is 29.1 Å². The molecule has 1 fully saturated rings. The third-order valence-electron chi connectivity index (χ3n) is 5.19. The van der Waals surface area contributed by atoms with Crippen molar-refractivity contribution in [2.45, 2.75) is 32.3 Å². The Labute approximate surface area is 172 Å². The molecule has 3 heterocycles. The Morgan fingerprint density at radius 3 is 2.72 bits per heavy atom. The highest BCUT2D eigenvalue weighted by Crippen LogP contribution is 2.41. The maximum Gasteiger partial charge on any atom is 0.260 e. The topological polar surface area (TPSA) is 61.4 Å². The fraction of sp³-hybridized carbons (Fsp3) is 0.227. The number of hydrogen-bond acceptors (Lipinski definition) is 4. The number of ether oxygens (including phenoxy) is 1. The van der Waals surface area contributed by atoms with Crippen molar-refractivity contribution < 1.29 is 4.74 Å². The predicted molar refractivity (Wildman–Crippen MR) is 111 cm³/mol. The van der Waals surface area contributed by atoms with E-state index in [0.717, 1.165) is 22.6 Å². The molecule has 1 aliphatic carbocycles. The number of halogens is 1. The lowest BCUT2D eigenvalue weighted by molar-refractivity contribution is 0.305. The minimum absolute atomic E-state index is 0.203. The molecule has 4 aromatic rings. The quantitative estimate of drug-likeness (QED) is 0.495. The van der Waals surface area contributed by atoms with E-state index in [4.69, 9.17) is 16.3 Å². The third kappa shape index (κ3) is 3.51. The molecule has 0 amide bonds. The van der Waals surface area contributed by atoms with Crippen LogP contribution in [0.2, 0.25) is 5.02 Å². The fourth-order valence-electron chi connectivity index (χ4n) is 3.44. The van der Waals surface area contributed by atoms with Crippen LogP contribution in [0.1, 0.15) is 35.7 Å². The molecule has 1 aliphatic rings. The van der Waals surface area contributed by atoms with Crippen molar-refractivity contribution in [1.82, 2.24) is 18.9 Å². The van der Waals surface area contributed by atoms with Crippen LogP contribution < -0.4 is 10.3 Å². The zero-order valence-corrected chi connectivity index (χ0v) is 16.6. The highest BCUT2D eigenvalue weighted by atomic mass is 35.5. The van der Waals surface area contributed by atoms with Crippen molar-refractivity contribution in [3.8, 4) is 11.6 Å². The lowest BCUT2D eigenvalue weighted by Gasteiger charge is -2.09. The van der Waals surface area contributed by atoms with Crippen LogP contribution in [0.15, 0.2) is 59.8 Å². The monoisotopic (exact) mass is 406 g/mol. The summed E-state index contributed by atoms with van der Waals surface area (Å²) in [6, 6.07) is 10.6. The molecule has 0 aliphatic heterocycles. The van der Waals surface area contributed by atoms with Crippen LogP contribution in [0.4, 0.5) is 0 Å². The molecule has 1 saturated carbocycles. The summed E-state index contributed by atoms with van der Waals surface area (Å²) in [5.74, 6) is 1.63. The second kappa shape index (κ2) is 7.04. The summed E-state index contributed by atoms with van der Waals surface area (Å²) >= 11 is 5.89. The van der Waals surface area contributed by atoms with Gasteiger partial charge in [0.25, 0.3) is 5.56 Å². The minimum atomic E-state index is -0.203. The molecule has 7 heteroatoms. The molecular weight excluding hydrogens is 388 g/mol. The van der Waals surface area contributed by atoms with Crippen LogP contribution in [0.25, 0.3) is 11.5 Å². The fourth-order valence-corrected chi connectivity index (χ4v) is 3.56. The molecule has 3 aromatic heterocycles. The van der Waals surface area contributed by atoms with Crippen molar-refractivity contribution in [2.24, 2.45) is 0 Å². The Kier molecular flexibility index (Phi) is 4.36. The number of pyridine rings is 1. The zero-order valence-electron chi connectivity index (χ0n) is 15.9. The van der Waals surface area contributed by atoms with E-state index in [2.05, 4.69) is 16.9 Å². The van der Waals surface area contributed by atoms with Crippen molar-refractivity contribution in [1.29, 1.82) is 0 Å². The smallest absolute Gasteiger partial charge is 0.260 e. The van der Waals surface area contributed by atoms with Gasteiger partial charge >= 0.3 is 0 Å². The van der Waals surface area contributed by atoms with Gasteiger partial charge in [0.05, 0.1) is 18.1 Å².